The van der Waals surface area contributed by atoms with E-state index in [0.717, 1.165) is 17.7 Å². The van der Waals surface area contributed by atoms with Crippen LogP contribution in [0.5, 0.6) is 0 Å². The van der Waals surface area contributed by atoms with E-state index in [1.165, 1.54) is 22.6 Å². The minimum Gasteiger partial charge on any atom is -0.316 e. The summed E-state index contributed by atoms with van der Waals surface area (Å²) in [6.07, 6.45) is 0.912. The van der Waals surface area contributed by atoms with E-state index in [2.05, 4.69) is 36.5 Å². The molecule has 106 valence electrons. The van der Waals surface area contributed by atoms with Crippen molar-refractivity contribution >= 4 is 11.8 Å². The summed E-state index contributed by atoms with van der Waals surface area (Å²) in [4.78, 5) is 1.33. The summed E-state index contributed by atoms with van der Waals surface area (Å²) in [6, 6.07) is 15.6. The molecule has 0 saturated carbocycles. The van der Waals surface area contributed by atoms with Crippen LogP contribution in [-0.2, 0) is 6.42 Å². The molecule has 0 saturated heterocycles. The highest BCUT2D eigenvalue weighted by Gasteiger charge is 2.09. The molecule has 0 aliphatic heterocycles. The molecular formula is C17H20FNS. The summed E-state index contributed by atoms with van der Waals surface area (Å²) in [5.74, 6) is 0.822. The van der Waals surface area contributed by atoms with Crippen molar-refractivity contribution < 1.29 is 4.39 Å². The summed E-state index contributed by atoms with van der Waals surface area (Å²) in [5, 5.41) is 3.34. The molecule has 0 aromatic heterocycles. The molecule has 20 heavy (non-hydrogen) atoms. The van der Waals surface area contributed by atoms with E-state index in [0.29, 0.717) is 6.04 Å². The Morgan fingerprint density at radius 1 is 1.10 bits per heavy atom. The van der Waals surface area contributed by atoms with Gasteiger partial charge in [0, 0.05) is 16.7 Å². The molecule has 2 rings (SSSR count). The number of nitrogens with one attached hydrogen (secondary N) is 1. The van der Waals surface area contributed by atoms with E-state index in [9.17, 15) is 4.39 Å². The lowest BCUT2D eigenvalue weighted by Gasteiger charge is -2.16. The number of thioether (sulfide) groups is 1. The highest BCUT2D eigenvalue weighted by Crippen LogP contribution is 2.23. The quantitative estimate of drug-likeness (QED) is 0.805. The molecule has 3 heteroatoms. The van der Waals surface area contributed by atoms with Crippen molar-refractivity contribution in [2.75, 3.05) is 12.8 Å². The van der Waals surface area contributed by atoms with E-state index in [4.69, 9.17) is 0 Å². The van der Waals surface area contributed by atoms with Gasteiger partial charge in [-0.15, -0.1) is 11.8 Å². The second kappa shape index (κ2) is 7.46. The first kappa shape index (κ1) is 15.1. The van der Waals surface area contributed by atoms with E-state index in [1.807, 2.05) is 30.9 Å². The molecule has 1 N–H and O–H groups in total. The standard InChI is InChI=1S/C17H20FNS/c1-13-5-3-4-6-17(13)20-12-16(19-2)11-14-7-9-15(18)10-8-14/h3-10,16,19H,11-12H2,1-2H3. The summed E-state index contributed by atoms with van der Waals surface area (Å²) < 4.78 is 12.9. The van der Waals surface area contributed by atoms with Crippen LogP contribution in [0.2, 0.25) is 0 Å². The van der Waals surface area contributed by atoms with Crippen LogP contribution < -0.4 is 5.32 Å². The predicted octanol–water partition coefficient (Wildman–Crippen LogP) is 4.06. The Morgan fingerprint density at radius 2 is 1.80 bits per heavy atom. The zero-order valence-electron chi connectivity index (χ0n) is 11.9. The number of hydrogen-bond donors (Lipinski definition) is 1. The third-order valence-electron chi connectivity index (χ3n) is 3.34. The molecule has 1 unspecified atom stereocenters. The number of halogens is 1. The summed E-state index contributed by atoms with van der Waals surface area (Å²) in [6.45, 7) is 2.14. The molecule has 2 aromatic rings. The molecular weight excluding hydrogens is 269 g/mol. The number of likely N-dealkylation sites (N-methyl/N-ethyl adjacent to an activating group) is 1. The van der Waals surface area contributed by atoms with E-state index in [1.54, 1.807) is 0 Å². The highest BCUT2D eigenvalue weighted by molar-refractivity contribution is 7.99. The Balaban J connectivity index is 1.92. The van der Waals surface area contributed by atoms with Crippen molar-refractivity contribution in [2.24, 2.45) is 0 Å². The van der Waals surface area contributed by atoms with Crippen LogP contribution in [0.1, 0.15) is 11.1 Å². The third-order valence-corrected chi connectivity index (χ3v) is 4.68. The second-order valence-electron chi connectivity index (χ2n) is 4.89. The SMILES string of the molecule is CNC(CSc1ccccc1C)Cc1ccc(F)cc1. The Hall–Kier alpha value is -1.32. The molecule has 0 amide bonds. The maximum atomic E-state index is 12.9. The zero-order valence-corrected chi connectivity index (χ0v) is 12.7. The van der Waals surface area contributed by atoms with Crippen LogP contribution in [0, 0.1) is 12.7 Å². The average Bonchev–Trinajstić information content (AvgIpc) is 2.47. The highest BCUT2D eigenvalue weighted by atomic mass is 32.2. The van der Waals surface area contributed by atoms with Gasteiger partial charge in [0.25, 0.3) is 0 Å². The van der Waals surface area contributed by atoms with Crippen LogP contribution >= 0.6 is 11.8 Å². The van der Waals surface area contributed by atoms with E-state index >= 15 is 0 Å². The number of aryl methyl sites for hydroxylation is 1. The first-order valence-electron chi connectivity index (χ1n) is 6.79. The van der Waals surface area contributed by atoms with Crippen molar-refractivity contribution in [1.29, 1.82) is 0 Å². The molecule has 0 heterocycles. The van der Waals surface area contributed by atoms with Gasteiger partial charge in [0.2, 0.25) is 0 Å². The molecule has 1 nitrogen and oxygen atoms in total. The van der Waals surface area contributed by atoms with Gasteiger partial charge >= 0.3 is 0 Å². The Kier molecular flexibility index (Phi) is 5.62. The molecule has 0 aliphatic carbocycles. The fraction of sp³-hybridized carbons (Fsp3) is 0.294. The second-order valence-corrected chi connectivity index (χ2v) is 5.95. The minimum atomic E-state index is -0.177. The van der Waals surface area contributed by atoms with Gasteiger partial charge in [0.15, 0.2) is 0 Å². The topological polar surface area (TPSA) is 12.0 Å². The van der Waals surface area contributed by atoms with Gasteiger partial charge in [-0.1, -0.05) is 30.3 Å². The number of hydrogen-bond acceptors (Lipinski definition) is 2. The normalized spacial score (nSPS) is 12.3. The van der Waals surface area contributed by atoms with Crippen LogP contribution in [-0.4, -0.2) is 18.8 Å². The van der Waals surface area contributed by atoms with E-state index in [-0.39, 0.29) is 5.82 Å². The molecule has 1 atom stereocenters. The average molecular weight is 289 g/mol. The monoisotopic (exact) mass is 289 g/mol. The van der Waals surface area contributed by atoms with Crippen LogP contribution in [0.3, 0.4) is 0 Å². The summed E-state index contributed by atoms with van der Waals surface area (Å²) in [7, 11) is 1.98. The fourth-order valence-corrected chi connectivity index (χ4v) is 3.19. The van der Waals surface area contributed by atoms with Gasteiger partial charge < -0.3 is 5.32 Å². The van der Waals surface area contributed by atoms with Crippen LogP contribution in [0.15, 0.2) is 53.4 Å². The lowest BCUT2D eigenvalue weighted by molar-refractivity contribution is 0.609. The summed E-state index contributed by atoms with van der Waals surface area (Å²) in [5.41, 5.74) is 2.48. The molecule has 0 fully saturated rings. The minimum absolute atomic E-state index is 0.177. The van der Waals surface area contributed by atoms with Crippen LogP contribution in [0.25, 0.3) is 0 Å². The van der Waals surface area contributed by atoms with Gasteiger partial charge in [-0.3, -0.25) is 0 Å². The Labute approximate surface area is 124 Å². The lowest BCUT2D eigenvalue weighted by Crippen LogP contribution is -2.30. The van der Waals surface area contributed by atoms with Gasteiger partial charge in [-0.2, -0.15) is 0 Å². The first-order chi connectivity index (χ1) is 9.69. The third kappa shape index (κ3) is 4.36. The molecule has 0 bridgehead atoms. The Morgan fingerprint density at radius 3 is 2.45 bits per heavy atom. The molecule has 0 radical (unpaired) electrons. The maximum absolute atomic E-state index is 12.9. The number of benzene rings is 2. The van der Waals surface area contributed by atoms with Crippen molar-refractivity contribution in [3.05, 3.63) is 65.5 Å². The first-order valence-corrected chi connectivity index (χ1v) is 7.77. The zero-order chi connectivity index (χ0) is 14.4. The fourth-order valence-electron chi connectivity index (χ4n) is 2.06. The Bertz CT molecular complexity index is 539. The number of rotatable bonds is 6. The van der Waals surface area contributed by atoms with Gasteiger partial charge in [0.1, 0.15) is 5.82 Å². The van der Waals surface area contributed by atoms with Crippen molar-refractivity contribution in [2.45, 2.75) is 24.3 Å². The van der Waals surface area contributed by atoms with E-state index < -0.39 is 0 Å². The lowest BCUT2D eigenvalue weighted by atomic mass is 10.1. The van der Waals surface area contributed by atoms with Crippen LogP contribution in [0.4, 0.5) is 4.39 Å². The smallest absolute Gasteiger partial charge is 0.123 e. The van der Waals surface area contributed by atoms with Gasteiger partial charge in [-0.25, -0.2) is 4.39 Å². The maximum Gasteiger partial charge on any atom is 0.123 e. The van der Waals surface area contributed by atoms with Gasteiger partial charge in [0.05, 0.1) is 0 Å². The predicted molar refractivity (Wildman–Crippen MR) is 84.9 cm³/mol. The van der Waals surface area contributed by atoms with Crippen molar-refractivity contribution in [1.82, 2.24) is 5.32 Å². The van der Waals surface area contributed by atoms with Crippen molar-refractivity contribution in [3.63, 3.8) is 0 Å². The molecule has 0 spiro atoms. The molecule has 2 aromatic carbocycles. The largest absolute Gasteiger partial charge is 0.316 e. The van der Waals surface area contributed by atoms with Crippen molar-refractivity contribution in [3.8, 4) is 0 Å². The summed E-state index contributed by atoms with van der Waals surface area (Å²) >= 11 is 1.87. The van der Waals surface area contributed by atoms with Gasteiger partial charge in [-0.05, 0) is 49.7 Å². The molecule has 0 aliphatic rings.